The second-order valence-electron chi connectivity index (χ2n) is 5.66. The number of amides is 1. The van der Waals surface area contributed by atoms with E-state index in [2.05, 4.69) is 15.6 Å². The molecule has 1 N–H and O–H groups in total. The zero-order valence-corrected chi connectivity index (χ0v) is 13.4. The van der Waals surface area contributed by atoms with E-state index in [1.807, 2.05) is 63.2 Å². The lowest BCUT2D eigenvalue weighted by atomic mass is 10.1. The Morgan fingerprint density at radius 3 is 2.39 bits per heavy atom. The first-order valence-electron chi connectivity index (χ1n) is 7.41. The summed E-state index contributed by atoms with van der Waals surface area (Å²) in [6.07, 6.45) is 1.63. The number of aryl methyl sites for hydroxylation is 3. The van der Waals surface area contributed by atoms with Crippen LogP contribution in [0.2, 0.25) is 0 Å². The van der Waals surface area contributed by atoms with Crippen LogP contribution >= 0.6 is 0 Å². The average molecular weight is 306 g/mol. The van der Waals surface area contributed by atoms with Crippen LogP contribution in [-0.2, 0) is 0 Å². The van der Waals surface area contributed by atoms with E-state index in [0.717, 1.165) is 22.5 Å². The van der Waals surface area contributed by atoms with Gasteiger partial charge < -0.3 is 5.32 Å². The molecule has 0 bridgehead atoms. The predicted octanol–water partition coefficient (Wildman–Crippen LogP) is 3.44. The third kappa shape index (κ3) is 3.29. The van der Waals surface area contributed by atoms with Gasteiger partial charge in [0.25, 0.3) is 5.91 Å². The summed E-state index contributed by atoms with van der Waals surface area (Å²) in [6.45, 7) is 6.01. The molecule has 0 aliphatic rings. The van der Waals surface area contributed by atoms with Crippen molar-refractivity contribution in [2.45, 2.75) is 20.8 Å². The molecule has 0 spiro atoms. The Labute approximate surface area is 135 Å². The Bertz CT molecular complexity index is 850. The molecule has 3 aromatic rings. The van der Waals surface area contributed by atoms with Crippen LogP contribution in [0.25, 0.3) is 5.69 Å². The molecule has 0 aliphatic carbocycles. The monoisotopic (exact) mass is 306 g/mol. The van der Waals surface area contributed by atoms with E-state index in [-0.39, 0.29) is 11.6 Å². The number of nitrogens with zero attached hydrogens (tertiary/aromatic N) is 3. The van der Waals surface area contributed by atoms with Gasteiger partial charge in [0.15, 0.2) is 5.69 Å². The minimum Gasteiger partial charge on any atom is -0.320 e. The number of aromatic nitrogens is 3. The van der Waals surface area contributed by atoms with Crippen molar-refractivity contribution >= 4 is 11.6 Å². The molecule has 0 saturated heterocycles. The van der Waals surface area contributed by atoms with E-state index in [4.69, 9.17) is 0 Å². The topological polar surface area (TPSA) is 59.8 Å². The predicted molar refractivity (Wildman–Crippen MR) is 90.0 cm³/mol. The third-order valence-corrected chi connectivity index (χ3v) is 3.65. The summed E-state index contributed by atoms with van der Waals surface area (Å²) in [7, 11) is 0. The maximum atomic E-state index is 12.3. The van der Waals surface area contributed by atoms with E-state index >= 15 is 0 Å². The number of carbonyl (C=O) groups is 1. The van der Waals surface area contributed by atoms with E-state index in [0.29, 0.717) is 0 Å². The van der Waals surface area contributed by atoms with Gasteiger partial charge in [-0.2, -0.15) is 0 Å². The molecule has 1 heterocycles. The van der Waals surface area contributed by atoms with Gasteiger partial charge in [0.05, 0.1) is 11.9 Å². The lowest BCUT2D eigenvalue weighted by Crippen LogP contribution is -2.13. The van der Waals surface area contributed by atoms with Crippen LogP contribution in [0.1, 0.15) is 27.2 Å². The smallest absolute Gasteiger partial charge is 0.277 e. The number of carbonyl (C=O) groups excluding carboxylic acids is 1. The second kappa shape index (κ2) is 6.04. The first kappa shape index (κ1) is 15.0. The first-order chi connectivity index (χ1) is 11.0. The minimum absolute atomic E-state index is 0.268. The molecule has 1 amide bonds. The van der Waals surface area contributed by atoms with Gasteiger partial charge in [-0.1, -0.05) is 40.6 Å². The Hall–Kier alpha value is -2.95. The van der Waals surface area contributed by atoms with E-state index in [1.165, 1.54) is 5.56 Å². The van der Waals surface area contributed by atoms with Crippen LogP contribution in [0.15, 0.2) is 48.7 Å². The molecule has 23 heavy (non-hydrogen) atoms. The highest BCUT2D eigenvalue weighted by atomic mass is 16.2. The van der Waals surface area contributed by atoms with Crippen LogP contribution < -0.4 is 5.32 Å². The molecule has 1 aromatic heterocycles. The third-order valence-electron chi connectivity index (χ3n) is 3.65. The van der Waals surface area contributed by atoms with Gasteiger partial charge in [-0.25, -0.2) is 4.68 Å². The molecule has 0 atom stereocenters. The van der Waals surface area contributed by atoms with E-state index in [9.17, 15) is 4.79 Å². The summed E-state index contributed by atoms with van der Waals surface area (Å²) in [5, 5.41) is 10.9. The van der Waals surface area contributed by atoms with Crippen molar-refractivity contribution in [2.24, 2.45) is 0 Å². The minimum atomic E-state index is -0.268. The van der Waals surface area contributed by atoms with E-state index < -0.39 is 0 Å². The molecular formula is C18H18N4O. The average Bonchev–Trinajstić information content (AvgIpc) is 3.01. The Balaban J connectivity index is 1.79. The highest BCUT2D eigenvalue weighted by molar-refractivity contribution is 6.03. The fourth-order valence-corrected chi connectivity index (χ4v) is 2.33. The van der Waals surface area contributed by atoms with Gasteiger partial charge >= 0.3 is 0 Å². The first-order valence-corrected chi connectivity index (χ1v) is 7.41. The van der Waals surface area contributed by atoms with Gasteiger partial charge in [-0.05, 0) is 44.5 Å². The van der Waals surface area contributed by atoms with Crippen molar-refractivity contribution in [1.29, 1.82) is 0 Å². The van der Waals surface area contributed by atoms with Crippen molar-refractivity contribution in [2.75, 3.05) is 5.32 Å². The summed E-state index contributed by atoms with van der Waals surface area (Å²) < 4.78 is 1.59. The zero-order valence-electron chi connectivity index (χ0n) is 13.4. The Morgan fingerprint density at radius 2 is 1.70 bits per heavy atom. The molecule has 5 heteroatoms. The molecule has 0 unspecified atom stereocenters. The molecular weight excluding hydrogens is 288 g/mol. The molecule has 0 saturated carbocycles. The summed E-state index contributed by atoms with van der Waals surface area (Å²) in [5.74, 6) is -0.268. The maximum absolute atomic E-state index is 12.3. The summed E-state index contributed by atoms with van der Waals surface area (Å²) >= 11 is 0. The lowest BCUT2D eigenvalue weighted by Gasteiger charge is -2.07. The van der Waals surface area contributed by atoms with Crippen LogP contribution in [-0.4, -0.2) is 20.9 Å². The van der Waals surface area contributed by atoms with Gasteiger partial charge in [0.1, 0.15) is 0 Å². The number of hydrogen-bond donors (Lipinski definition) is 1. The number of benzene rings is 2. The summed E-state index contributed by atoms with van der Waals surface area (Å²) in [4.78, 5) is 12.3. The number of nitrogens with one attached hydrogen (secondary N) is 1. The zero-order chi connectivity index (χ0) is 16.4. The Morgan fingerprint density at radius 1 is 1.00 bits per heavy atom. The van der Waals surface area contributed by atoms with Gasteiger partial charge in [-0.15, -0.1) is 5.10 Å². The van der Waals surface area contributed by atoms with Crippen molar-refractivity contribution < 1.29 is 4.79 Å². The fraction of sp³-hybridized carbons (Fsp3) is 0.167. The molecule has 0 radical (unpaired) electrons. The maximum Gasteiger partial charge on any atom is 0.277 e. The quantitative estimate of drug-likeness (QED) is 0.806. The van der Waals surface area contributed by atoms with Gasteiger partial charge in [0, 0.05) is 5.69 Å². The summed E-state index contributed by atoms with van der Waals surface area (Å²) in [6, 6.07) is 13.8. The lowest BCUT2D eigenvalue weighted by molar-refractivity contribution is 0.102. The van der Waals surface area contributed by atoms with Crippen LogP contribution in [0.3, 0.4) is 0 Å². The van der Waals surface area contributed by atoms with Crippen LogP contribution in [0.5, 0.6) is 0 Å². The van der Waals surface area contributed by atoms with Crippen molar-refractivity contribution in [3.8, 4) is 5.69 Å². The molecule has 3 rings (SSSR count). The van der Waals surface area contributed by atoms with E-state index in [1.54, 1.807) is 10.9 Å². The van der Waals surface area contributed by atoms with Gasteiger partial charge in [0.2, 0.25) is 0 Å². The number of rotatable bonds is 3. The number of hydrogen-bond acceptors (Lipinski definition) is 3. The van der Waals surface area contributed by atoms with Crippen LogP contribution in [0.4, 0.5) is 5.69 Å². The van der Waals surface area contributed by atoms with Crippen molar-refractivity contribution in [3.05, 3.63) is 71.0 Å². The molecule has 116 valence electrons. The fourth-order valence-electron chi connectivity index (χ4n) is 2.33. The second-order valence-corrected chi connectivity index (χ2v) is 5.66. The largest absolute Gasteiger partial charge is 0.320 e. The molecule has 0 fully saturated rings. The molecule has 5 nitrogen and oxygen atoms in total. The molecule has 0 aliphatic heterocycles. The van der Waals surface area contributed by atoms with Crippen molar-refractivity contribution in [1.82, 2.24) is 15.0 Å². The number of anilines is 1. The highest BCUT2D eigenvalue weighted by Crippen LogP contribution is 2.17. The SMILES string of the molecule is Cc1ccc(-n2cc(C(=O)Nc3ccc(C)cc3C)nn2)cc1. The molecule has 2 aromatic carbocycles. The Kier molecular flexibility index (Phi) is 3.93. The standard InChI is InChI=1S/C18H18N4O/c1-12-4-7-15(8-5-12)22-11-17(20-21-22)18(23)19-16-9-6-13(2)10-14(16)3/h4-11H,1-3H3,(H,19,23). The van der Waals surface area contributed by atoms with Crippen LogP contribution in [0, 0.1) is 20.8 Å². The summed E-state index contributed by atoms with van der Waals surface area (Å²) in [5.41, 5.74) is 5.28. The highest BCUT2D eigenvalue weighted by Gasteiger charge is 2.12. The van der Waals surface area contributed by atoms with Gasteiger partial charge in [-0.3, -0.25) is 4.79 Å². The van der Waals surface area contributed by atoms with Crippen molar-refractivity contribution in [3.63, 3.8) is 0 Å². The normalized spacial score (nSPS) is 10.6.